The van der Waals surface area contributed by atoms with Crippen molar-refractivity contribution in [1.82, 2.24) is 15.6 Å². The van der Waals surface area contributed by atoms with Crippen molar-refractivity contribution >= 4 is 28.6 Å². The zero-order valence-corrected chi connectivity index (χ0v) is 13.5. The summed E-state index contributed by atoms with van der Waals surface area (Å²) in [5.74, 6) is 0.868. The summed E-state index contributed by atoms with van der Waals surface area (Å²) in [5, 5.41) is 11.9. The molecule has 0 aromatic carbocycles. The van der Waals surface area contributed by atoms with Crippen LogP contribution in [0.1, 0.15) is 22.5 Å². The number of aromatic nitrogens is 1. The number of guanidine groups is 1. The average Bonchev–Trinajstić information content (AvgIpc) is 3.08. The summed E-state index contributed by atoms with van der Waals surface area (Å²) in [5.41, 5.74) is 1.15. The summed E-state index contributed by atoms with van der Waals surface area (Å²) < 4.78 is 0. The smallest absolute Gasteiger partial charge is 0.191 e. The van der Waals surface area contributed by atoms with E-state index in [1.54, 1.807) is 22.7 Å². The first kappa shape index (κ1) is 15.0. The summed E-state index contributed by atoms with van der Waals surface area (Å²) in [6, 6.07) is 4.16. The first-order valence-corrected chi connectivity index (χ1v) is 8.49. The highest BCUT2D eigenvalue weighted by molar-refractivity contribution is 7.10. The highest BCUT2D eigenvalue weighted by Gasteiger charge is 2.01. The van der Waals surface area contributed by atoms with E-state index in [2.05, 4.69) is 50.4 Å². The van der Waals surface area contributed by atoms with Crippen LogP contribution in [-0.4, -0.2) is 24.0 Å². The molecule has 0 radical (unpaired) electrons. The molecule has 6 heteroatoms. The number of nitrogens with zero attached hydrogens (tertiary/aromatic N) is 2. The summed E-state index contributed by atoms with van der Waals surface area (Å²) in [6.45, 7) is 6.55. The molecule has 0 amide bonds. The second kappa shape index (κ2) is 8.01. The first-order chi connectivity index (χ1) is 9.78. The van der Waals surface area contributed by atoms with E-state index in [0.717, 1.165) is 42.7 Å². The maximum absolute atomic E-state index is 4.58. The lowest BCUT2D eigenvalue weighted by Crippen LogP contribution is -2.38. The lowest BCUT2D eigenvalue weighted by molar-refractivity contribution is 0.791. The zero-order chi connectivity index (χ0) is 14.2. The van der Waals surface area contributed by atoms with Crippen LogP contribution < -0.4 is 10.6 Å². The molecule has 2 heterocycles. The van der Waals surface area contributed by atoms with Crippen LogP contribution in [0, 0.1) is 6.92 Å². The molecule has 0 aliphatic rings. The van der Waals surface area contributed by atoms with E-state index in [4.69, 9.17) is 0 Å². The van der Waals surface area contributed by atoms with Crippen LogP contribution in [-0.2, 0) is 13.0 Å². The molecular formula is C14H20N4S2. The quantitative estimate of drug-likeness (QED) is 0.637. The second-order valence-electron chi connectivity index (χ2n) is 4.31. The molecule has 0 spiro atoms. The monoisotopic (exact) mass is 308 g/mol. The molecule has 2 aromatic heterocycles. The molecular weight excluding hydrogens is 288 g/mol. The van der Waals surface area contributed by atoms with Crippen molar-refractivity contribution in [2.45, 2.75) is 26.8 Å². The number of hydrogen-bond donors (Lipinski definition) is 2. The van der Waals surface area contributed by atoms with E-state index < -0.39 is 0 Å². The lowest BCUT2D eigenvalue weighted by atomic mass is 10.3. The summed E-state index contributed by atoms with van der Waals surface area (Å²) >= 11 is 3.43. The normalized spacial score (nSPS) is 11.6. The zero-order valence-electron chi connectivity index (χ0n) is 11.8. The summed E-state index contributed by atoms with van der Waals surface area (Å²) in [6.07, 6.45) is 0.924. The van der Waals surface area contributed by atoms with Crippen LogP contribution in [0.5, 0.6) is 0 Å². The number of aliphatic imine (C=N–C) groups is 1. The van der Waals surface area contributed by atoms with Gasteiger partial charge in [-0.15, -0.1) is 22.7 Å². The van der Waals surface area contributed by atoms with Crippen molar-refractivity contribution in [1.29, 1.82) is 0 Å². The third kappa shape index (κ3) is 4.94. The van der Waals surface area contributed by atoms with Gasteiger partial charge in [0.25, 0.3) is 0 Å². The number of nitrogens with one attached hydrogen (secondary N) is 2. The van der Waals surface area contributed by atoms with Gasteiger partial charge in [-0.05, 0) is 25.3 Å². The van der Waals surface area contributed by atoms with E-state index in [1.807, 2.05) is 6.92 Å². The maximum atomic E-state index is 4.58. The minimum absolute atomic E-state index is 0.725. The number of thiophene rings is 1. The van der Waals surface area contributed by atoms with Crippen molar-refractivity contribution in [2.24, 2.45) is 4.99 Å². The van der Waals surface area contributed by atoms with E-state index in [-0.39, 0.29) is 0 Å². The van der Waals surface area contributed by atoms with Crippen molar-refractivity contribution < 1.29 is 0 Å². The first-order valence-electron chi connectivity index (χ1n) is 6.73. The molecule has 20 heavy (non-hydrogen) atoms. The summed E-state index contributed by atoms with van der Waals surface area (Å²) in [4.78, 5) is 10.3. The van der Waals surface area contributed by atoms with Crippen molar-refractivity contribution in [3.63, 3.8) is 0 Å². The van der Waals surface area contributed by atoms with Gasteiger partial charge in [0.05, 0.1) is 17.2 Å². The third-order valence-corrected chi connectivity index (χ3v) is 4.34. The van der Waals surface area contributed by atoms with Crippen molar-refractivity contribution in [3.05, 3.63) is 38.5 Å². The van der Waals surface area contributed by atoms with Crippen LogP contribution in [0.4, 0.5) is 0 Å². The van der Waals surface area contributed by atoms with Gasteiger partial charge >= 0.3 is 0 Å². The topological polar surface area (TPSA) is 49.3 Å². The fourth-order valence-corrected chi connectivity index (χ4v) is 3.01. The van der Waals surface area contributed by atoms with Crippen molar-refractivity contribution in [3.8, 4) is 0 Å². The molecule has 2 rings (SSSR count). The molecule has 4 nitrogen and oxygen atoms in total. The Morgan fingerprint density at radius 1 is 1.35 bits per heavy atom. The van der Waals surface area contributed by atoms with Crippen LogP contribution in [0.2, 0.25) is 0 Å². The Bertz CT molecular complexity index is 531. The SMILES string of the molecule is CCNC(=NCc1cccs1)NCCc1csc(C)n1. The fourth-order valence-electron chi connectivity index (χ4n) is 1.73. The Balaban J connectivity index is 1.80. The molecule has 0 bridgehead atoms. The second-order valence-corrected chi connectivity index (χ2v) is 6.40. The predicted molar refractivity (Wildman–Crippen MR) is 87.7 cm³/mol. The van der Waals surface area contributed by atoms with Gasteiger partial charge in [-0.1, -0.05) is 6.07 Å². The minimum Gasteiger partial charge on any atom is -0.357 e. The largest absolute Gasteiger partial charge is 0.357 e. The Kier molecular flexibility index (Phi) is 6.01. The molecule has 0 fully saturated rings. The highest BCUT2D eigenvalue weighted by Crippen LogP contribution is 2.09. The van der Waals surface area contributed by atoms with E-state index in [1.165, 1.54) is 4.88 Å². The van der Waals surface area contributed by atoms with Crippen LogP contribution in [0.25, 0.3) is 0 Å². The molecule has 2 aromatic rings. The molecule has 0 atom stereocenters. The minimum atomic E-state index is 0.725. The molecule has 0 saturated heterocycles. The fraction of sp³-hybridized carbons (Fsp3) is 0.429. The van der Waals surface area contributed by atoms with Gasteiger partial charge in [0, 0.05) is 29.8 Å². The number of thiazole rings is 1. The van der Waals surface area contributed by atoms with Crippen LogP contribution >= 0.6 is 22.7 Å². The van der Waals surface area contributed by atoms with Gasteiger partial charge in [-0.25, -0.2) is 9.98 Å². The lowest BCUT2D eigenvalue weighted by Gasteiger charge is -2.10. The van der Waals surface area contributed by atoms with E-state index >= 15 is 0 Å². The standard InChI is InChI=1S/C14H20N4S2/c1-3-15-14(17-9-13-5-4-8-19-13)16-7-6-12-10-20-11(2)18-12/h4-5,8,10H,3,6-7,9H2,1-2H3,(H2,15,16,17). The van der Waals surface area contributed by atoms with Gasteiger partial charge in [-0.2, -0.15) is 0 Å². The number of hydrogen-bond acceptors (Lipinski definition) is 4. The van der Waals surface area contributed by atoms with Crippen molar-refractivity contribution in [2.75, 3.05) is 13.1 Å². The molecule has 0 aliphatic heterocycles. The van der Waals surface area contributed by atoms with Gasteiger partial charge in [0.2, 0.25) is 0 Å². The molecule has 108 valence electrons. The molecule has 0 aliphatic carbocycles. The molecule has 0 saturated carbocycles. The van der Waals surface area contributed by atoms with Gasteiger partial charge in [0.15, 0.2) is 5.96 Å². The molecule has 0 unspecified atom stereocenters. The van der Waals surface area contributed by atoms with Gasteiger partial charge < -0.3 is 10.6 Å². The van der Waals surface area contributed by atoms with Crippen LogP contribution in [0.3, 0.4) is 0 Å². The maximum Gasteiger partial charge on any atom is 0.191 e. The van der Waals surface area contributed by atoms with Crippen LogP contribution in [0.15, 0.2) is 27.9 Å². The molecule has 2 N–H and O–H groups in total. The number of rotatable bonds is 6. The number of aryl methyl sites for hydroxylation is 1. The third-order valence-electron chi connectivity index (χ3n) is 2.66. The Morgan fingerprint density at radius 2 is 2.25 bits per heavy atom. The predicted octanol–water partition coefficient (Wildman–Crippen LogP) is 2.81. The summed E-state index contributed by atoms with van der Waals surface area (Å²) in [7, 11) is 0. The average molecular weight is 308 g/mol. The van der Waals surface area contributed by atoms with Gasteiger partial charge in [0.1, 0.15) is 0 Å². The van der Waals surface area contributed by atoms with Gasteiger partial charge in [-0.3, -0.25) is 0 Å². The van der Waals surface area contributed by atoms with E-state index in [9.17, 15) is 0 Å². The Morgan fingerprint density at radius 3 is 2.90 bits per heavy atom. The Labute approximate surface area is 128 Å². The van der Waals surface area contributed by atoms with E-state index in [0.29, 0.717) is 0 Å². The Hall–Kier alpha value is -1.40. The highest BCUT2D eigenvalue weighted by atomic mass is 32.1.